The van der Waals surface area contributed by atoms with E-state index in [2.05, 4.69) is 10.6 Å². The van der Waals surface area contributed by atoms with Crippen LogP contribution in [-0.2, 0) is 6.18 Å². The predicted octanol–water partition coefficient (Wildman–Crippen LogP) is 4.87. The quantitative estimate of drug-likeness (QED) is 0.536. The first-order chi connectivity index (χ1) is 10.3. The van der Waals surface area contributed by atoms with Gasteiger partial charge in [0.1, 0.15) is 5.75 Å². The summed E-state index contributed by atoms with van der Waals surface area (Å²) < 4.78 is 37.9. The van der Waals surface area contributed by atoms with Gasteiger partial charge in [0.2, 0.25) is 0 Å². The summed E-state index contributed by atoms with van der Waals surface area (Å²) in [6.07, 6.45) is -4.43. The Morgan fingerprint density at radius 1 is 1.09 bits per heavy atom. The lowest BCUT2D eigenvalue weighted by Gasteiger charge is -2.13. The van der Waals surface area contributed by atoms with Crippen LogP contribution in [0.5, 0.6) is 5.75 Å². The second kappa shape index (κ2) is 6.41. The van der Waals surface area contributed by atoms with Gasteiger partial charge >= 0.3 is 6.18 Å². The lowest BCUT2D eigenvalue weighted by atomic mass is 10.2. The van der Waals surface area contributed by atoms with Crippen LogP contribution >= 0.6 is 23.8 Å². The average Bonchev–Trinajstić information content (AvgIpc) is 2.42. The van der Waals surface area contributed by atoms with Crippen LogP contribution in [0.25, 0.3) is 0 Å². The predicted molar refractivity (Wildman–Crippen MR) is 84.4 cm³/mol. The van der Waals surface area contributed by atoms with Gasteiger partial charge in [-0.3, -0.25) is 0 Å². The fraction of sp³-hybridized carbons (Fsp3) is 0.0714. The molecule has 0 amide bonds. The molecule has 116 valence electrons. The molecule has 0 aliphatic heterocycles. The van der Waals surface area contributed by atoms with E-state index >= 15 is 0 Å². The molecule has 0 fully saturated rings. The van der Waals surface area contributed by atoms with Crippen LogP contribution in [0.1, 0.15) is 5.56 Å². The summed E-state index contributed by atoms with van der Waals surface area (Å²) in [6, 6.07) is 8.92. The van der Waals surface area contributed by atoms with E-state index in [1.54, 1.807) is 0 Å². The zero-order chi connectivity index (χ0) is 16.3. The van der Waals surface area contributed by atoms with Crippen LogP contribution in [0.3, 0.4) is 0 Å². The SMILES string of the molecule is Oc1ccc(Cl)cc1NC(=S)Nc1cccc(C(F)(F)F)c1. The molecule has 2 aromatic carbocycles. The van der Waals surface area contributed by atoms with Crippen LogP contribution < -0.4 is 10.6 Å². The number of phenols is 1. The van der Waals surface area contributed by atoms with E-state index in [1.165, 1.54) is 30.3 Å². The molecule has 8 heteroatoms. The number of thiocarbonyl (C=S) groups is 1. The molecule has 22 heavy (non-hydrogen) atoms. The lowest BCUT2D eigenvalue weighted by Crippen LogP contribution is -2.19. The van der Waals surface area contributed by atoms with Crippen molar-refractivity contribution >= 4 is 40.3 Å². The average molecular weight is 347 g/mol. The van der Waals surface area contributed by atoms with Gasteiger partial charge in [-0.15, -0.1) is 0 Å². The van der Waals surface area contributed by atoms with Crippen molar-refractivity contribution in [1.29, 1.82) is 0 Å². The Hall–Kier alpha value is -1.99. The highest BCUT2D eigenvalue weighted by atomic mass is 35.5. The van der Waals surface area contributed by atoms with Crippen molar-refractivity contribution in [2.45, 2.75) is 6.18 Å². The molecule has 0 spiro atoms. The zero-order valence-electron chi connectivity index (χ0n) is 10.9. The van der Waals surface area contributed by atoms with Crippen molar-refractivity contribution in [3.05, 3.63) is 53.1 Å². The van der Waals surface area contributed by atoms with E-state index in [0.717, 1.165) is 12.1 Å². The van der Waals surface area contributed by atoms with Crippen LogP contribution in [-0.4, -0.2) is 10.2 Å². The van der Waals surface area contributed by atoms with E-state index in [1.807, 2.05) is 0 Å². The Morgan fingerprint density at radius 3 is 2.50 bits per heavy atom. The summed E-state index contributed by atoms with van der Waals surface area (Å²) >= 11 is 10.8. The van der Waals surface area contributed by atoms with Crippen molar-refractivity contribution in [3.63, 3.8) is 0 Å². The molecule has 0 saturated heterocycles. The first kappa shape index (κ1) is 16.4. The smallest absolute Gasteiger partial charge is 0.416 e. The first-order valence-corrected chi connectivity index (χ1v) is 6.78. The monoisotopic (exact) mass is 346 g/mol. The van der Waals surface area contributed by atoms with Crippen molar-refractivity contribution in [1.82, 2.24) is 0 Å². The van der Waals surface area contributed by atoms with E-state index in [0.29, 0.717) is 5.02 Å². The van der Waals surface area contributed by atoms with Gasteiger partial charge in [0.15, 0.2) is 5.11 Å². The summed E-state index contributed by atoms with van der Waals surface area (Å²) in [7, 11) is 0. The zero-order valence-corrected chi connectivity index (χ0v) is 12.5. The second-order valence-corrected chi connectivity index (χ2v) is 5.16. The maximum absolute atomic E-state index is 12.6. The number of nitrogens with one attached hydrogen (secondary N) is 2. The number of aromatic hydroxyl groups is 1. The van der Waals surface area contributed by atoms with E-state index < -0.39 is 11.7 Å². The number of hydrogen-bond donors (Lipinski definition) is 3. The van der Waals surface area contributed by atoms with Gasteiger partial charge in [0, 0.05) is 10.7 Å². The third-order valence-electron chi connectivity index (χ3n) is 2.65. The Bertz CT molecular complexity index is 707. The minimum atomic E-state index is -4.43. The molecular weight excluding hydrogens is 337 g/mol. The Labute approximate surface area is 134 Å². The van der Waals surface area contributed by atoms with Gasteiger partial charge in [0.05, 0.1) is 11.3 Å². The lowest BCUT2D eigenvalue weighted by molar-refractivity contribution is -0.137. The number of benzene rings is 2. The largest absolute Gasteiger partial charge is 0.506 e. The van der Waals surface area contributed by atoms with Crippen LogP contribution in [0, 0.1) is 0 Å². The van der Waals surface area contributed by atoms with Gasteiger partial charge in [-0.2, -0.15) is 13.2 Å². The minimum absolute atomic E-state index is 0.0249. The molecule has 0 aliphatic carbocycles. The summed E-state index contributed by atoms with van der Waals surface area (Å²) in [4.78, 5) is 0. The number of phenolic OH excluding ortho intramolecular Hbond substituents is 1. The summed E-state index contributed by atoms with van der Waals surface area (Å²) in [5, 5.41) is 15.3. The molecule has 3 N–H and O–H groups in total. The standard InChI is InChI=1S/C14H10ClF3N2OS/c15-9-4-5-12(21)11(7-9)20-13(22)19-10-3-1-2-8(6-10)14(16,17)18/h1-7,21H,(H2,19,20,22). The van der Waals surface area contributed by atoms with Crippen molar-refractivity contribution < 1.29 is 18.3 Å². The van der Waals surface area contributed by atoms with Crippen molar-refractivity contribution in [3.8, 4) is 5.75 Å². The topological polar surface area (TPSA) is 44.3 Å². The van der Waals surface area contributed by atoms with Gasteiger partial charge in [0.25, 0.3) is 0 Å². The fourth-order valence-corrected chi connectivity index (χ4v) is 2.07. The minimum Gasteiger partial charge on any atom is -0.506 e. The number of halogens is 4. The molecule has 0 atom stereocenters. The fourth-order valence-electron chi connectivity index (χ4n) is 1.67. The number of hydrogen-bond acceptors (Lipinski definition) is 2. The molecule has 0 heterocycles. The molecule has 3 nitrogen and oxygen atoms in total. The number of anilines is 2. The third kappa shape index (κ3) is 4.25. The Balaban J connectivity index is 2.11. The van der Waals surface area contributed by atoms with Gasteiger partial charge < -0.3 is 15.7 Å². The van der Waals surface area contributed by atoms with Crippen LogP contribution in [0.4, 0.5) is 24.5 Å². The van der Waals surface area contributed by atoms with Crippen LogP contribution in [0.15, 0.2) is 42.5 Å². The molecule has 0 saturated carbocycles. The normalized spacial score (nSPS) is 11.1. The maximum Gasteiger partial charge on any atom is 0.416 e. The van der Waals surface area contributed by atoms with Crippen molar-refractivity contribution in [2.75, 3.05) is 10.6 Å². The van der Waals surface area contributed by atoms with E-state index in [4.69, 9.17) is 23.8 Å². The van der Waals surface area contributed by atoms with Gasteiger partial charge in [-0.05, 0) is 48.6 Å². The highest BCUT2D eigenvalue weighted by Gasteiger charge is 2.30. The maximum atomic E-state index is 12.6. The summed E-state index contributed by atoms with van der Waals surface area (Å²) in [5.74, 6) is -0.0856. The molecule has 0 aliphatic rings. The number of alkyl halides is 3. The highest BCUT2D eigenvalue weighted by molar-refractivity contribution is 7.80. The Kier molecular flexibility index (Phi) is 4.77. The number of rotatable bonds is 2. The Morgan fingerprint density at radius 2 is 1.82 bits per heavy atom. The molecule has 0 aromatic heterocycles. The van der Waals surface area contributed by atoms with Crippen LogP contribution in [0.2, 0.25) is 5.02 Å². The summed E-state index contributed by atoms with van der Waals surface area (Å²) in [6.45, 7) is 0. The van der Waals surface area contributed by atoms with Gasteiger partial charge in [-0.25, -0.2) is 0 Å². The third-order valence-corrected chi connectivity index (χ3v) is 3.09. The van der Waals surface area contributed by atoms with Crippen molar-refractivity contribution in [2.24, 2.45) is 0 Å². The highest BCUT2D eigenvalue weighted by Crippen LogP contribution is 2.31. The van der Waals surface area contributed by atoms with E-state index in [9.17, 15) is 18.3 Å². The molecule has 2 aromatic rings. The van der Waals surface area contributed by atoms with E-state index in [-0.39, 0.29) is 22.2 Å². The molecule has 2 rings (SSSR count). The molecule has 0 bridgehead atoms. The summed E-state index contributed by atoms with van der Waals surface area (Å²) in [5.41, 5.74) is -0.364. The molecular formula is C14H10ClF3N2OS. The molecule has 0 radical (unpaired) electrons. The van der Waals surface area contributed by atoms with Gasteiger partial charge in [-0.1, -0.05) is 17.7 Å². The molecule has 0 unspecified atom stereocenters. The first-order valence-electron chi connectivity index (χ1n) is 5.99. The second-order valence-electron chi connectivity index (χ2n) is 4.32.